The topological polar surface area (TPSA) is 38.1 Å². The minimum atomic E-state index is 0.0927. The van der Waals surface area contributed by atoms with Crippen LogP contribution in [0.5, 0.6) is 0 Å². The maximum Gasteiger partial charge on any atom is 0.267 e. The first-order valence-corrected chi connectivity index (χ1v) is 7.20. The van der Waals surface area contributed by atoms with Gasteiger partial charge >= 0.3 is 0 Å². The third-order valence-corrected chi connectivity index (χ3v) is 4.50. The predicted molar refractivity (Wildman–Crippen MR) is 76.2 cm³/mol. The van der Waals surface area contributed by atoms with Gasteiger partial charge in [0.25, 0.3) is 5.56 Å². The monoisotopic (exact) mass is 347 g/mol. The average Bonchev–Trinajstić information content (AvgIpc) is 2.36. The fraction of sp³-hybridized carbons (Fsp3) is 0.667. The van der Waals surface area contributed by atoms with Crippen molar-refractivity contribution in [2.45, 2.75) is 32.7 Å². The molecule has 94 valence electrons. The summed E-state index contributed by atoms with van der Waals surface area (Å²) >= 11 is 2.08. The van der Waals surface area contributed by atoms with Gasteiger partial charge < -0.3 is 4.90 Å². The van der Waals surface area contributed by atoms with Gasteiger partial charge in [0.15, 0.2) is 0 Å². The lowest BCUT2D eigenvalue weighted by atomic mass is 10.1. The molecule has 0 aliphatic carbocycles. The van der Waals surface area contributed by atoms with E-state index in [2.05, 4.69) is 32.5 Å². The molecule has 5 heteroatoms. The molecular formula is C12H18IN3O. The normalized spacial score (nSPS) is 17.3. The van der Waals surface area contributed by atoms with Gasteiger partial charge in [0, 0.05) is 13.1 Å². The Kier molecular flexibility index (Phi) is 4.55. The number of rotatable bonds is 3. The quantitative estimate of drug-likeness (QED) is 0.781. The minimum absolute atomic E-state index is 0.0927. The van der Waals surface area contributed by atoms with Crippen LogP contribution in [-0.2, 0) is 6.54 Å². The third-order valence-electron chi connectivity index (χ3n) is 3.26. The number of likely N-dealkylation sites (tertiary alicyclic amines) is 1. The van der Waals surface area contributed by atoms with E-state index >= 15 is 0 Å². The summed E-state index contributed by atoms with van der Waals surface area (Å²) in [6.07, 6.45) is 5.60. The van der Waals surface area contributed by atoms with E-state index in [4.69, 9.17) is 0 Å². The predicted octanol–water partition coefficient (Wildman–Crippen LogP) is 1.64. The number of halogens is 1. The number of nitrogens with zero attached hydrogens (tertiary/aromatic N) is 3. The molecule has 0 N–H and O–H groups in total. The highest BCUT2D eigenvalue weighted by Gasteiger charge is 2.11. The first kappa shape index (κ1) is 13.0. The average molecular weight is 347 g/mol. The molecule has 0 aromatic carbocycles. The van der Waals surface area contributed by atoms with Crippen LogP contribution in [0.4, 0.5) is 0 Å². The van der Waals surface area contributed by atoms with Crippen LogP contribution in [0.25, 0.3) is 0 Å². The molecule has 0 saturated carbocycles. The molecule has 1 aliphatic rings. The van der Waals surface area contributed by atoms with Crippen molar-refractivity contribution in [2.24, 2.45) is 0 Å². The summed E-state index contributed by atoms with van der Waals surface area (Å²) in [7, 11) is 0. The summed E-state index contributed by atoms with van der Waals surface area (Å²) in [6.45, 7) is 5.93. The second-order valence-corrected chi connectivity index (χ2v) is 5.62. The Balaban J connectivity index is 1.99. The van der Waals surface area contributed by atoms with E-state index in [1.54, 1.807) is 10.9 Å². The van der Waals surface area contributed by atoms with Gasteiger partial charge in [0.2, 0.25) is 0 Å². The molecule has 1 fully saturated rings. The smallest absolute Gasteiger partial charge is 0.267 e. The van der Waals surface area contributed by atoms with Gasteiger partial charge in [-0.3, -0.25) is 9.36 Å². The standard InChI is InChI=1S/C12H18IN3O/c1-10-11(13)12(17)16(9-14-10)8-7-15-5-3-2-4-6-15/h9H,2-8H2,1H3. The van der Waals surface area contributed by atoms with E-state index in [1.807, 2.05) is 6.92 Å². The van der Waals surface area contributed by atoms with Crippen LogP contribution >= 0.6 is 22.6 Å². The van der Waals surface area contributed by atoms with Crippen molar-refractivity contribution in [1.82, 2.24) is 14.5 Å². The number of aromatic nitrogens is 2. The molecule has 0 spiro atoms. The first-order chi connectivity index (χ1) is 8.18. The van der Waals surface area contributed by atoms with Crippen LogP contribution in [0.3, 0.4) is 0 Å². The van der Waals surface area contributed by atoms with Crippen LogP contribution in [0, 0.1) is 10.5 Å². The van der Waals surface area contributed by atoms with Crippen LogP contribution in [-0.4, -0.2) is 34.1 Å². The molecule has 2 rings (SSSR count). The van der Waals surface area contributed by atoms with E-state index in [-0.39, 0.29) is 5.56 Å². The minimum Gasteiger partial charge on any atom is -0.302 e. The summed E-state index contributed by atoms with van der Waals surface area (Å²) in [6, 6.07) is 0. The molecule has 0 bridgehead atoms. The summed E-state index contributed by atoms with van der Waals surface area (Å²) in [4.78, 5) is 18.6. The van der Waals surface area contributed by atoms with Crippen LogP contribution in [0.1, 0.15) is 25.0 Å². The molecule has 1 aromatic heterocycles. The van der Waals surface area contributed by atoms with Gasteiger partial charge in [0.05, 0.1) is 15.6 Å². The van der Waals surface area contributed by atoms with Crippen molar-refractivity contribution >= 4 is 22.6 Å². The number of piperidine rings is 1. The molecule has 2 heterocycles. The molecule has 0 amide bonds. The lowest BCUT2D eigenvalue weighted by Gasteiger charge is -2.26. The molecule has 4 nitrogen and oxygen atoms in total. The van der Waals surface area contributed by atoms with Crippen molar-refractivity contribution in [3.63, 3.8) is 0 Å². The fourth-order valence-corrected chi connectivity index (χ4v) is 2.59. The number of hydrogen-bond donors (Lipinski definition) is 0. The van der Waals surface area contributed by atoms with Gasteiger partial charge in [-0.1, -0.05) is 6.42 Å². The molecule has 17 heavy (non-hydrogen) atoms. The van der Waals surface area contributed by atoms with E-state index in [0.29, 0.717) is 0 Å². The van der Waals surface area contributed by atoms with E-state index in [9.17, 15) is 4.79 Å². The Labute approximate surface area is 115 Å². The van der Waals surface area contributed by atoms with Gasteiger partial charge in [-0.05, 0) is 55.4 Å². The Morgan fingerprint density at radius 1 is 1.29 bits per heavy atom. The second kappa shape index (κ2) is 5.95. The first-order valence-electron chi connectivity index (χ1n) is 6.12. The molecular weight excluding hydrogens is 329 g/mol. The molecule has 0 atom stereocenters. The molecule has 1 saturated heterocycles. The summed E-state index contributed by atoms with van der Waals surface area (Å²) < 4.78 is 2.47. The Morgan fingerprint density at radius 2 is 2.00 bits per heavy atom. The van der Waals surface area contributed by atoms with Crippen molar-refractivity contribution in [1.29, 1.82) is 0 Å². The lowest BCUT2D eigenvalue weighted by Crippen LogP contribution is -2.35. The Bertz CT molecular complexity index is 438. The summed E-state index contributed by atoms with van der Waals surface area (Å²) in [5.74, 6) is 0. The van der Waals surface area contributed by atoms with Crippen LogP contribution < -0.4 is 5.56 Å². The largest absolute Gasteiger partial charge is 0.302 e. The highest BCUT2D eigenvalue weighted by Crippen LogP contribution is 2.08. The Morgan fingerprint density at radius 3 is 2.71 bits per heavy atom. The van der Waals surface area contributed by atoms with Crippen molar-refractivity contribution in [3.8, 4) is 0 Å². The van der Waals surface area contributed by atoms with Gasteiger partial charge in [-0.25, -0.2) is 4.98 Å². The molecule has 1 aromatic rings. The highest BCUT2D eigenvalue weighted by molar-refractivity contribution is 14.1. The summed E-state index contributed by atoms with van der Waals surface area (Å²) in [5.41, 5.74) is 0.917. The maximum atomic E-state index is 12.0. The van der Waals surface area contributed by atoms with Crippen molar-refractivity contribution in [3.05, 3.63) is 25.9 Å². The molecule has 0 unspecified atom stereocenters. The van der Waals surface area contributed by atoms with E-state index in [0.717, 1.165) is 22.4 Å². The SMILES string of the molecule is Cc1ncn(CCN2CCCCC2)c(=O)c1I. The highest BCUT2D eigenvalue weighted by atomic mass is 127. The summed E-state index contributed by atoms with van der Waals surface area (Å²) in [5, 5.41) is 0. The molecule has 1 aliphatic heterocycles. The number of hydrogen-bond acceptors (Lipinski definition) is 3. The second-order valence-electron chi connectivity index (χ2n) is 4.54. The van der Waals surface area contributed by atoms with Crippen LogP contribution in [0.15, 0.2) is 11.1 Å². The van der Waals surface area contributed by atoms with Gasteiger partial charge in [-0.2, -0.15) is 0 Å². The van der Waals surface area contributed by atoms with Gasteiger partial charge in [0.1, 0.15) is 0 Å². The third kappa shape index (κ3) is 3.28. The maximum absolute atomic E-state index is 12.0. The van der Waals surface area contributed by atoms with E-state index < -0.39 is 0 Å². The van der Waals surface area contributed by atoms with Crippen LogP contribution in [0.2, 0.25) is 0 Å². The Hall–Kier alpha value is -0.430. The lowest BCUT2D eigenvalue weighted by molar-refractivity contribution is 0.219. The molecule has 0 radical (unpaired) electrons. The van der Waals surface area contributed by atoms with Crippen molar-refractivity contribution < 1.29 is 0 Å². The zero-order chi connectivity index (χ0) is 12.3. The zero-order valence-electron chi connectivity index (χ0n) is 10.2. The van der Waals surface area contributed by atoms with Crippen molar-refractivity contribution in [2.75, 3.05) is 19.6 Å². The number of aryl methyl sites for hydroxylation is 1. The van der Waals surface area contributed by atoms with Gasteiger partial charge in [-0.15, -0.1) is 0 Å². The van der Waals surface area contributed by atoms with E-state index in [1.165, 1.54) is 32.4 Å². The fourth-order valence-electron chi connectivity index (χ4n) is 2.14. The zero-order valence-corrected chi connectivity index (χ0v) is 12.3.